The highest BCUT2D eigenvalue weighted by atomic mass is 35.5. The quantitative estimate of drug-likeness (QED) is 0.878. The summed E-state index contributed by atoms with van der Waals surface area (Å²) in [6, 6.07) is 1.77. The Morgan fingerprint density at radius 1 is 1.26 bits per heavy atom. The molecule has 0 unspecified atom stereocenters. The molecule has 0 fully saturated rings. The standard InChI is InChI=1S/C12H11ClF3N3/c1-6-8(12(13)19(2)18-6)5-17-7-3-9(14)11(16)10(15)4-7/h3-4,17H,5H2,1-2H3. The smallest absolute Gasteiger partial charge is 0.194 e. The lowest BCUT2D eigenvalue weighted by molar-refractivity contribution is 0.447. The molecule has 1 N–H and O–H groups in total. The Kier molecular flexibility index (Phi) is 3.71. The number of anilines is 1. The van der Waals surface area contributed by atoms with Crippen LogP contribution in [-0.2, 0) is 13.6 Å². The van der Waals surface area contributed by atoms with Gasteiger partial charge in [0, 0.05) is 37.0 Å². The van der Waals surface area contributed by atoms with Gasteiger partial charge in [0.1, 0.15) is 5.15 Å². The molecule has 19 heavy (non-hydrogen) atoms. The van der Waals surface area contributed by atoms with Crippen molar-refractivity contribution in [3.8, 4) is 0 Å². The van der Waals surface area contributed by atoms with E-state index in [0.717, 1.165) is 12.1 Å². The van der Waals surface area contributed by atoms with Crippen LogP contribution in [0.3, 0.4) is 0 Å². The molecule has 3 nitrogen and oxygen atoms in total. The summed E-state index contributed by atoms with van der Waals surface area (Å²) in [7, 11) is 1.69. The van der Waals surface area contributed by atoms with Crippen LogP contribution < -0.4 is 5.32 Å². The minimum Gasteiger partial charge on any atom is -0.381 e. The summed E-state index contributed by atoms with van der Waals surface area (Å²) in [5.41, 5.74) is 1.56. The maximum Gasteiger partial charge on any atom is 0.194 e. The van der Waals surface area contributed by atoms with E-state index in [0.29, 0.717) is 16.4 Å². The first-order valence-corrected chi connectivity index (χ1v) is 5.84. The number of nitrogens with one attached hydrogen (secondary N) is 1. The van der Waals surface area contributed by atoms with Gasteiger partial charge in [0.25, 0.3) is 0 Å². The minimum atomic E-state index is -1.49. The number of nitrogens with zero attached hydrogens (tertiary/aromatic N) is 2. The lowest BCUT2D eigenvalue weighted by atomic mass is 10.2. The zero-order chi connectivity index (χ0) is 14.2. The number of hydrogen-bond donors (Lipinski definition) is 1. The number of benzene rings is 1. The molecule has 7 heteroatoms. The zero-order valence-electron chi connectivity index (χ0n) is 10.3. The minimum absolute atomic E-state index is 0.135. The van der Waals surface area contributed by atoms with Gasteiger partial charge in [0.15, 0.2) is 17.5 Å². The van der Waals surface area contributed by atoms with Crippen LogP contribution in [0.25, 0.3) is 0 Å². The average Bonchev–Trinajstić information content (AvgIpc) is 2.58. The molecule has 102 valence electrons. The summed E-state index contributed by atoms with van der Waals surface area (Å²) in [6.07, 6.45) is 0. The first-order chi connectivity index (χ1) is 8.90. The fourth-order valence-electron chi connectivity index (χ4n) is 1.72. The Morgan fingerprint density at radius 3 is 2.32 bits per heavy atom. The van der Waals surface area contributed by atoms with Crippen molar-refractivity contribution in [3.63, 3.8) is 0 Å². The lowest BCUT2D eigenvalue weighted by Crippen LogP contribution is -2.03. The molecule has 0 bridgehead atoms. The predicted molar refractivity (Wildman–Crippen MR) is 66.6 cm³/mol. The number of halogens is 4. The highest BCUT2D eigenvalue weighted by molar-refractivity contribution is 6.30. The molecule has 0 aliphatic carbocycles. The first-order valence-electron chi connectivity index (χ1n) is 5.46. The molecular weight excluding hydrogens is 279 g/mol. The Hall–Kier alpha value is -1.69. The second kappa shape index (κ2) is 5.13. The van der Waals surface area contributed by atoms with Crippen molar-refractivity contribution in [2.75, 3.05) is 5.32 Å². The molecule has 0 spiro atoms. The van der Waals surface area contributed by atoms with E-state index in [1.54, 1.807) is 14.0 Å². The van der Waals surface area contributed by atoms with Crippen LogP contribution in [-0.4, -0.2) is 9.78 Å². The van der Waals surface area contributed by atoms with Gasteiger partial charge in [-0.15, -0.1) is 0 Å². The molecule has 0 saturated heterocycles. The number of aryl methyl sites for hydroxylation is 2. The van der Waals surface area contributed by atoms with Gasteiger partial charge in [0.2, 0.25) is 0 Å². The van der Waals surface area contributed by atoms with E-state index in [4.69, 9.17) is 11.6 Å². The highest BCUT2D eigenvalue weighted by Crippen LogP contribution is 2.22. The van der Waals surface area contributed by atoms with E-state index in [9.17, 15) is 13.2 Å². The van der Waals surface area contributed by atoms with E-state index >= 15 is 0 Å². The van der Waals surface area contributed by atoms with Crippen molar-refractivity contribution >= 4 is 17.3 Å². The zero-order valence-corrected chi connectivity index (χ0v) is 11.0. The second-order valence-electron chi connectivity index (χ2n) is 4.09. The van der Waals surface area contributed by atoms with Crippen LogP contribution in [0, 0.1) is 24.4 Å². The van der Waals surface area contributed by atoms with Crippen LogP contribution in [0.4, 0.5) is 18.9 Å². The molecule has 0 atom stereocenters. The van der Waals surface area contributed by atoms with Crippen LogP contribution in [0.2, 0.25) is 5.15 Å². The summed E-state index contributed by atoms with van der Waals surface area (Å²) in [5, 5.41) is 7.33. The monoisotopic (exact) mass is 289 g/mol. The Bertz CT molecular complexity index is 602. The van der Waals surface area contributed by atoms with Gasteiger partial charge in [-0.1, -0.05) is 11.6 Å². The molecule has 2 rings (SSSR count). The molecular formula is C12H11ClF3N3. The molecule has 0 radical (unpaired) electrons. The van der Waals surface area contributed by atoms with Crippen LogP contribution >= 0.6 is 11.6 Å². The normalized spacial score (nSPS) is 10.8. The van der Waals surface area contributed by atoms with Gasteiger partial charge in [-0.3, -0.25) is 4.68 Å². The third kappa shape index (κ3) is 2.68. The Balaban J connectivity index is 2.19. The summed E-state index contributed by atoms with van der Waals surface area (Å²) in [5.74, 6) is -3.96. The molecule has 0 aliphatic rings. The van der Waals surface area contributed by atoms with Gasteiger partial charge in [-0.05, 0) is 6.92 Å². The molecule has 0 aliphatic heterocycles. The molecule has 1 aromatic heterocycles. The predicted octanol–water partition coefficient (Wildman–Crippen LogP) is 3.41. The van der Waals surface area contributed by atoms with Gasteiger partial charge < -0.3 is 5.32 Å². The van der Waals surface area contributed by atoms with E-state index < -0.39 is 17.5 Å². The molecule has 1 aromatic carbocycles. The van der Waals surface area contributed by atoms with Crippen molar-refractivity contribution in [3.05, 3.63) is 46.0 Å². The topological polar surface area (TPSA) is 29.9 Å². The number of hydrogen-bond acceptors (Lipinski definition) is 2. The van der Waals surface area contributed by atoms with Gasteiger partial charge in [0.05, 0.1) is 5.69 Å². The third-order valence-corrected chi connectivity index (χ3v) is 3.20. The van der Waals surface area contributed by atoms with Crippen molar-refractivity contribution in [1.29, 1.82) is 0 Å². The van der Waals surface area contributed by atoms with Crippen LogP contribution in [0.5, 0.6) is 0 Å². The lowest BCUT2D eigenvalue weighted by Gasteiger charge is -2.07. The fourth-order valence-corrected chi connectivity index (χ4v) is 1.96. The number of aromatic nitrogens is 2. The largest absolute Gasteiger partial charge is 0.381 e. The number of rotatable bonds is 3. The third-order valence-electron chi connectivity index (χ3n) is 2.72. The fraction of sp³-hybridized carbons (Fsp3) is 0.250. The van der Waals surface area contributed by atoms with Gasteiger partial charge >= 0.3 is 0 Å². The molecule has 0 amide bonds. The summed E-state index contributed by atoms with van der Waals surface area (Å²) >= 11 is 6.02. The van der Waals surface area contributed by atoms with Crippen molar-refractivity contribution in [1.82, 2.24) is 9.78 Å². The van der Waals surface area contributed by atoms with Gasteiger partial charge in [-0.25, -0.2) is 13.2 Å². The van der Waals surface area contributed by atoms with Gasteiger partial charge in [-0.2, -0.15) is 5.10 Å². The van der Waals surface area contributed by atoms with E-state index in [-0.39, 0.29) is 12.2 Å². The highest BCUT2D eigenvalue weighted by Gasteiger charge is 2.13. The van der Waals surface area contributed by atoms with E-state index in [1.165, 1.54) is 4.68 Å². The van der Waals surface area contributed by atoms with E-state index in [1.807, 2.05) is 0 Å². The van der Waals surface area contributed by atoms with Crippen LogP contribution in [0.15, 0.2) is 12.1 Å². The molecule has 0 saturated carbocycles. The Labute approximate surface area is 113 Å². The maximum atomic E-state index is 13.0. The maximum absolute atomic E-state index is 13.0. The Morgan fingerprint density at radius 2 is 1.84 bits per heavy atom. The molecule has 2 aromatic rings. The summed E-state index contributed by atoms with van der Waals surface area (Å²) < 4.78 is 40.4. The molecule has 1 heterocycles. The van der Waals surface area contributed by atoms with Crippen molar-refractivity contribution in [2.24, 2.45) is 7.05 Å². The summed E-state index contributed by atoms with van der Waals surface area (Å²) in [4.78, 5) is 0. The second-order valence-corrected chi connectivity index (χ2v) is 4.44. The van der Waals surface area contributed by atoms with E-state index in [2.05, 4.69) is 10.4 Å². The SMILES string of the molecule is Cc1nn(C)c(Cl)c1CNc1cc(F)c(F)c(F)c1. The first kappa shape index (κ1) is 13.7. The summed E-state index contributed by atoms with van der Waals surface area (Å²) in [6.45, 7) is 2.01. The van der Waals surface area contributed by atoms with Crippen molar-refractivity contribution < 1.29 is 13.2 Å². The van der Waals surface area contributed by atoms with Crippen LogP contribution in [0.1, 0.15) is 11.3 Å². The van der Waals surface area contributed by atoms with Crippen molar-refractivity contribution in [2.45, 2.75) is 13.5 Å². The average molecular weight is 290 g/mol.